The molecule has 0 spiro atoms. The lowest BCUT2D eigenvalue weighted by molar-refractivity contribution is -0.113. The van der Waals surface area contributed by atoms with Crippen LogP contribution in [0.5, 0.6) is 0 Å². The monoisotopic (exact) mass is 447 g/mol. The van der Waals surface area contributed by atoms with Crippen LogP contribution in [0.1, 0.15) is 4.88 Å². The van der Waals surface area contributed by atoms with Crippen molar-refractivity contribution in [1.82, 2.24) is 9.29 Å². The molecule has 3 aromatic heterocycles. The summed E-state index contributed by atoms with van der Waals surface area (Å²) >= 11 is 2.77. The van der Waals surface area contributed by atoms with Gasteiger partial charge in [-0.2, -0.15) is 0 Å². The number of carbonyl (C=O) groups is 1. The first-order chi connectivity index (χ1) is 15.1. The smallest absolute Gasteiger partial charge is 0.277 e. The average Bonchev–Trinajstić information content (AvgIpc) is 3.44. The van der Waals surface area contributed by atoms with Gasteiger partial charge in [0.25, 0.3) is 5.91 Å². The highest BCUT2D eigenvalue weighted by molar-refractivity contribution is 7.97. The van der Waals surface area contributed by atoms with Crippen LogP contribution in [-0.4, -0.2) is 27.4 Å². The predicted molar refractivity (Wildman–Crippen MR) is 123 cm³/mol. The van der Waals surface area contributed by atoms with E-state index in [-0.39, 0.29) is 11.5 Å². The molecule has 1 aliphatic heterocycles. The number of carbonyl (C=O) groups excluding carboxylic acids is 1. The number of anilines is 1. The number of pyridine rings is 1. The molecule has 0 atom stereocenters. The van der Waals surface area contributed by atoms with Crippen LogP contribution in [0, 0.1) is 0 Å². The van der Waals surface area contributed by atoms with Gasteiger partial charge in [0.1, 0.15) is 11.6 Å². The quantitative estimate of drug-likeness (QED) is 0.380. The Kier molecular flexibility index (Phi) is 5.01. The summed E-state index contributed by atoms with van der Waals surface area (Å²) in [7, 11) is 1.75. The van der Waals surface area contributed by atoms with Gasteiger partial charge < -0.3 is 19.1 Å². The fraction of sp³-hybridized carbons (Fsp3) is 0.0435. The summed E-state index contributed by atoms with van der Waals surface area (Å²) < 4.78 is 7.12. The molecule has 0 saturated heterocycles. The lowest BCUT2D eigenvalue weighted by Gasteiger charge is -2.25. The minimum atomic E-state index is -0.427. The Hall–Kier alpha value is -3.49. The summed E-state index contributed by atoms with van der Waals surface area (Å²) in [4.78, 5) is 20.0. The van der Waals surface area contributed by atoms with E-state index in [0.29, 0.717) is 10.7 Å². The van der Waals surface area contributed by atoms with E-state index in [1.54, 1.807) is 23.7 Å². The van der Waals surface area contributed by atoms with E-state index in [9.17, 15) is 9.90 Å². The number of benzene rings is 1. The van der Waals surface area contributed by atoms with Crippen LogP contribution in [0.3, 0.4) is 0 Å². The Morgan fingerprint density at radius 2 is 1.94 bits per heavy atom. The normalized spacial score (nSPS) is 13.3. The van der Waals surface area contributed by atoms with Gasteiger partial charge in [-0.3, -0.25) is 4.79 Å². The van der Waals surface area contributed by atoms with Crippen LogP contribution in [0.15, 0.2) is 88.0 Å². The third kappa shape index (κ3) is 3.71. The Bertz CT molecular complexity index is 1280. The maximum atomic E-state index is 13.0. The molecule has 0 unspecified atom stereocenters. The molecule has 0 saturated carbocycles. The number of nitrogens with one attached hydrogen (secondary N) is 1. The first-order valence-corrected chi connectivity index (χ1v) is 11.1. The van der Waals surface area contributed by atoms with Gasteiger partial charge in [-0.05, 0) is 42.3 Å². The number of nitrogens with zero attached hydrogens (tertiary/aromatic N) is 2. The van der Waals surface area contributed by atoms with Crippen LogP contribution in [0.2, 0.25) is 0 Å². The van der Waals surface area contributed by atoms with Crippen molar-refractivity contribution in [2.45, 2.75) is 4.90 Å². The van der Waals surface area contributed by atoms with Gasteiger partial charge in [-0.1, -0.05) is 36.4 Å². The van der Waals surface area contributed by atoms with Crippen LogP contribution < -0.4 is 5.32 Å². The number of fused-ring (bicyclic) bond motifs is 1. The van der Waals surface area contributed by atoms with E-state index in [1.807, 2.05) is 60.7 Å². The number of aliphatic hydroxyl groups is 1. The van der Waals surface area contributed by atoms with Crippen molar-refractivity contribution in [3.05, 3.63) is 83.6 Å². The van der Waals surface area contributed by atoms with Crippen LogP contribution in [0.4, 0.5) is 5.82 Å². The number of likely N-dealkylation sites (N-methyl/N-ethyl adjacent to an activating group) is 1. The largest absolute Gasteiger partial charge is 0.504 e. The van der Waals surface area contributed by atoms with Gasteiger partial charge in [0.15, 0.2) is 11.5 Å². The molecule has 1 amide bonds. The summed E-state index contributed by atoms with van der Waals surface area (Å²) in [6, 6.07) is 20.8. The summed E-state index contributed by atoms with van der Waals surface area (Å²) in [5.41, 5.74) is 1.89. The molecule has 1 aromatic carbocycles. The zero-order valence-electron chi connectivity index (χ0n) is 16.4. The SMILES string of the molecule is CN1Sc2cc(-c3ccco3)sc2C(O)=C1C(=O)Nc1cccc(-c2ccccc2)n1. The standard InChI is InChI=1S/C23H17N3O3S2/c1-26-20(21(27)22-18(31-26)13-17(30-22)16-10-6-12-29-16)23(28)25-19-11-5-9-15(24-19)14-7-3-2-4-8-14/h2-13,27H,1H3,(H,24,25,28). The molecule has 0 bridgehead atoms. The minimum Gasteiger partial charge on any atom is -0.504 e. The van der Waals surface area contributed by atoms with Gasteiger partial charge >= 0.3 is 0 Å². The Balaban J connectivity index is 1.44. The Morgan fingerprint density at radius 3 is 2.71 bits per heavy atom. The third-order valence-electron chi connectivity index (χ3n) is 4.73. The zero-order valence-corrected chi connectivity index (χ0v) is 18.0. The van der Waals surface area contributed by atoms with E-state index >= 15 is 0 Å². The first-order valence-electron chi connectivity index (χ1n) is 9.47. The average molecular weight is 448 g/mol. The Labute approximate surface area is 187 Å². The van der Waals surface area contributed by atoms with Crippen molar-refractivity contribution in [2.75, 3.05) is 12.4 Å². The summed E-state index contributed by atoms with van der Waals surface area (Å²) in [5.74, 6) is 0.654. The van der Waals surface area contributed by atoms with Crippen molar-refractivity contribution >= 4 is 40.8 Å². The molecular weight excluding hydrogens is 430 g/mol. The van der Waals surface area contributed by atoms with E-state index < -0.39 is 5.91 Å². The third-order valence-corrected chi connectivity index (χ3v) is 6.99. The highest BCUT2D eigenvalue weighted by atomic mass is 32.2. The summed E-state index contributed by atoms with van der Waals surface area (Å²) in [6.45, 7) is 0. The van der Waals surface area contributed by atoms with E-state index in [2.05, 4.69) is 10.3 Å². The maximum absolute atomic E-state index is 13.0. The highest BCUT2D eigenvalue weighted by Gasteiger charge is 2.31. The van der Waals surface area contributed by atoms with Crippen molar-refractivity contribution in [3.63, 3.8) is 0 Å². The number of amides is 1. The number of aliphatic hydroxyl groups excluding tert-OH is 1. The summed E-state index contributed by atoms with van der Waals surface area (Å²) in [5, 5.41) is 13.7. The van der Waals surface area contributed by atoms with E-state index in [1.165, 1.54) is 23.3 Å². The van der Waals surface area contributed by atoms with Crippen molar-refractivity contribution in [3.8, 4) is 21.9 Å². The molecule has 8 heteroatoms. The number of hydrogen-bond acceptors (Lipinski definition) is 7. The predicted octanol–water partition coefficient (Wildman–Crippen LogP) is 5.89. The number of thiophene rings is 1. The lowest BCUT2D eigenvalue weighted by atomic mass is 10.1. The molecule has 6 nitrogen and oxygen atoms in total. The highest BCUT2D eigenvalue weighted by Crippen LogP contribution is 2.46. The van der Waals surface area contributed by atoms with Crippen LogP contribution in [-0.2, 0) is 4.79 Å². The molecule has 31 heavy (non-hydrogen) atoms. The molecule has 0 aliphatic carbocycles. The molecule has 4 aromatic rings. The molecule has 5 rings (SSSR count). The molecule has 154 valence electrons. The number of rotatable bonds is 4. The van der Waals surface area contributed by atoms with Gasteiger partial charge in [-0.15, -0.1) is 11.3 Å². The van der Waals surface area contributed by atoms with Gasteiger partial charge in [-0.25, -0.2) is 4.98 Å². The Morgan fingerprint density at radius 1 is 1.10 bits per heavy atom. The maximum Gasteiger partial charge on any atom is 0.277 e. The van der Waals surface area contributed by atoms with Crippen LogP contribution >= 0.6 is 23.3 Å². The minimum absolute atomic E-state index is 0.0595. The molecule has 2 N–H and O–H groups in total. The first kappa shape index (κ1) is 19.5. The van der Waals surface area contributed by atoms with Crippen molar-refractivity contribution in [1.29, 1.82) is 0 Å². The molecule has 0 radical (unpaired) electrons. The fourth-order valence-corrected chi connectivity index (χ4v) is 5.48. The van der Waals surface area contributed by atoms with E-state index in [0.717, 1.165) is 26.8 Å². The van der Waals surface area contributed by atoms with Crippen LogP contribution in [0.25, 0.3) is 27.7 Å². The number of furan rings is 1. The van der Waals surface area contributed by atoms with Gasteiger partial charge in [0.05, 0.1) is 26.6 Å². The molecular formula is C23H17N3O3S2. The summed E-state index contributed by atoms with van der Waals surface area (Å²) in [6.07, 6.45) is 1.61. The molecule has 1 aliphatic rings. The van der Waals surface area contributed by atoms with Gasteiger partial charge in [0.2, 0.25) is 0 Å². The second-order valence-corrected chi connectivity index (χ2v) is 9.02. The van der Waals surface area contributed by atoms with Crippen molar-refractivity contribution in [2.24, 2.45) is 0 Å². The molecule has 4 heterocycles. The second-order valence-electron chi connectivity index (χ2n) is 6.80. The second kappa shape index (κ2) is 7.98. The zero-order chi connectivity index (χ0) is 21.4. The topological polar surface area (TPSA) is 78.6 Å². The lowest BCUT2D eigenvalue weighted by Crippen LogP contribution is -2.27. The number of aromatic nitrogens is 1. The van der Waals surface area contributed by atoms with Gasteiger partial charge in [0, 0.05) is 12.6 Å². The van der Waals surface area contributed by atoms with E-state index in [4.69, 9.17) is 4.42 Å². The number of hydrogen-bond donors (Lipinski definition) is 2. The van der Waals surface area contributed by atoms with Crippen molar-refractivity contribution < 1.29 is 14.3 Å². The fourth-order valence-electron chi connectivity index (χ4n) is 3.30. The molecule has 0 fully saturated rings.